The van der Waals surface area contributed by atoms with Crippen LogP contribution in [-0.2, 0) is 4.79 Å². The van der Waals surface area contributed by atoms with Crippen LogP contribution >= 0.6 is 11.8 Å². The molecular weight excluding hydrogens is 370 g/mol. The van der Waals surface area contributed by atoms with Gasteiger partial charge in [0.05, 0.1) is 5.75 Å². The number of hydrogen-bond donors (Lipinski definition) is 0. The monoisotopic (exact) mass is 393 g/mol. The number of likely N-dealkylation sites (N-methyl/N-ethyl adjacent to an activating group) is 1. The molecular formula is C21H23N5OS. The average molecular weight is 394 g/mol. The molecule has 0 aliphatic heterocycles. The lowest BCUT2D eigenvalue weighted by Crippen LogP contribution is -2.33. The van der Waals surface area contributed by atoms with E-state index in [9.17, 15) is 4.79 Å². The molecule has 0 spiro atoms. The van der Waals surface area contributed by atoms with Crippen molar-refractivity contribution in [2.24, 2.45) is 0 Å². The molecule has 0 unspecified atom stereocenters. The molecule has 0 N–H and O–H groups in total. The summed E-state index contributed by atoms with van der Waals surface area (Å²) >= 11 is 1.38. The fourth-order valence-electron chi connectivity index (χ4n) is 2.77. The van der Waals surface area contributed by atoms with E-state index in [4.69, 9.17) is 0 Å². The Morgan fingerprint density at radius 2 is 1.96 bits per heavy atom. The maximum absolute atomic E-state index is 12.6. The maximum atomic E-state index is 12.6. The van der Waals surface area contributed by atoms with Gasteiger partial charge in [0, 0.05) is 36.7 Å². The summed E-state index contributed by atoms with van der Waals surface area (Å²) in [4.78, 5) is 18.6. The second kappa shape index (κ2) is 9.32. The number of nitrogens with zero attached hydrogens (tertiary/aromatic N) is 5. The highest BCUT2D eigenvalue weighted by molar-refractivity contribution is 7.99. The summed E-state index contributed by atoms with van der Waals surface area (Å²) in [6, 6.07) is 13.7. The highest BCUT2D eigenvalue weighted by atomic mass is 32.2. The minimum absolute atomic E-state index is 0.0565. The van der Waals surface area contributed by atoms with Gasteiger partial charge in [0.1, 0.15) is 0 Å². The first-order chi connectivity index (χ1) is 13.6. The Morgan fingerprint density at radius 1 is 1.18 bits per heavy atom. The summed E-state index contributed by atoms with van der Waals surface area (Å²) < 4.78 is 1.96. The van der Waals surface area contributed by atoms with E-state index in [2.05, 4.69) is 21.8 Å². The third-order valence-corrected chi connectivity index (χ3v) is 5.00. The Morgan fingerprint density at radius 3 is 2.61 bits per heavy atom. The van der Waals surface area contributed by atoms with Crippen molar-refractivity contribution in [1.82, 2.24) is 24.6 Å². The fourth-order valence-corrected chi connectivity index (χ4v) is 3.63. The second-order valence-corrected chi connectivity index (χ2v) is 7.32. The molecule has 1 aromatic carbocycles. The van der Waals surface area contributed by atoms with Gasteiger partial charge in [-0.15, -0.1) is 10.2 Å². The van der Waals surface area contributed by atoms with Gasteiger partial charge in [0.25, 0.3) is 0 Å². The van der Waals surface area contributed by atoms with Crippen LogP contribution < -0.4 is 0 Å². The number of amides is 1. The lowest BCUT2D eigenvalue weighted by molar-refractivity contribution is -0.127. The molecule has 2 aromatic heterocycles. The third-order valence-electron chi connectivity index (χ3n) is 4.09. The lowest BCUT2D eigenvalue weighted by atomic mass is 10.2. The fraction of sp³-hybridized carbons (Fsp3) is 0.238. The number of hydrogen-bond acceptors (Lipinski definition) is 5. The minimum atomic E-state index is 0.0565. The highest BCUT2D eigenvalue weighted by Gasteiger charge is 2.19. The summed E-state index contributed by atoms with van der Waals surface area (Å²) in [6.07, 6.45) is 3.48. The van der Waals surface area contributed by atoms with Crippen LogP contribution in [-0.4, -0.2) is 49.4 Å². The van der Waals surface area contributed by atoms with Crippen LogP contribution in [0.1, 0.15) is 13.8 Å². The van der Waals surface area contributed by atoms with E-state index in [-0.39, 0.29) is 5.91 Å². The van der Waals surface area contributed by atoms with Crippen LogP contribution in [0.4, 0.5) is 0 Å². The molecule has 3 rings (SSSR count). The Kier molecular flexibility index (Phi) is 6.60. The van der Waals surface area contributed by atoms with Gasteiger partial charge in [-0.2, -0.15) is 0 Å². The zero-order valence-corrected chi connectivity index (χ0v) is 16.9. The highest BCUT2D eigenvalue weighted by Crippen LogP contribution is 2.27. The van der Waals surface area contributed by atoms with Crippen molar-refractivity contribution in [3.8, 4) is 17.1 Å². The van der Waals surface area contributed by atoms with Gasteiger partial charge in [0.2, 0.25) is 5.91 Å². The standard InChI is InChI=1S/C21H23N5OS/c1-4-25(14-16(2)3)19(27)15-28-21-24-23-20(17-9-8-12-22-13-17)26(21)18-10-6-5-7-11-18/h5-13H,2,4,14-15H2,1,3H3. The zero-order valence-electron chi connectivity index (χ0n) is 16.1. The van der Waals surface area contributed by atoms with E-state index >= 15 is 0 Å². The maximum Gasteiger partial charge on any atom is 0.233 e. The number of pyridine rings is 1. The summed E-state index contributed by atoms with van der Waals surface area (Å²) in [7, 11) is 0. The molecule has 6 nitrogen and oxygen atoms in total. The van der Waals surface area contributed by atoms with E-state index in [1.807, 2.05) is 60.9 Å². The van der Waals surface area contributed by atoms with Gasteiger partial charge in [-0.25, -0.2) is 0 Å². The van der Waals surface area contributed by atoms with Crippen molar-refractivity contribution in [3.05, 3.63) is 67.0 Å². The molecule has 0 atom stereocenters. The number of carbonyl (C=O) groups excluding carboxylic acids is 1. The van der Waals surface area contributed by atoms with Gasteiger partial charge >= 0.3 is 0 Å². The Balaban J connectivity index is 1.88. The van der Waals surface area contributed by atoms with Crippen LogP contribution in [0, 0.1) is 0 Å². The Bertz CT molecular complexity index is 940. The third kappa shape index (κ3) is 4.67. The van der Waals surface area contributed by atoms with Gasteiger partial charge in [0.15, 0.2) is 11.0 Å². The van der Waals surface area contributed by atoms with Crippen molar-refractivity contribution in [2.75, 3.05) is 18.8 Å². The predicted molar refractivity (Wildman–Crippen MR) is 112 cm³/mol. The normalized spacial score (nSPS) is 10.6. The van der Waals surface area contributed by atoms with Crippen LogP contribution in [0.15, 0.2) is 72.2 Å². The molecule has 0 aliphatic carbocycles. The van der Waals surface area contributed by atoms with Crippen molar-refractivity contribution >= 4 is 17.7 Å². The van der Waals surface area contributed by atoms with Crippen molar-refractivity contribution < 1.29 is 4.79 Å². The lowest BCUT2D eigenvalue weighted by Gasteiger charge is -2.20. The molecule has 0 radical (unpaired) electrons. The first-order valence-electron chi connectivity index (χ1n) is 9.06. The average Bonchev–Trinajstić information content (AvgIpc) is 3.15. The molecule has 0 saturated carbocycles. The first-order valence-corrected chi connectivity index (χ1v) is 10.0. The van der Waals surface area contributed by atoms with Gasteiger partial charge in [-0.1, -0.05) is 42.1 Å². The summed E-state index contributed by atoms with van der Waals surface area (Å²) in [5, 5.41) is 9.39. The Labute approximate surface area is 169 Å². The van der Waals surface area contributed by atoms with E-state index in [1.165, 1.54) is 11.8 Å². The van der Waals surface area contributed by atoms with Crippen molar-refractivity contribution in [3.63, 3.8) is 0 Å². The Hall–Kier alpha value is -2.93. The molecule has 3 aromatic rings. The van der Waals surface area contributed by atoms with Gasteiger partial charge in [-0.3, -0.25) is 14.3 Å². The van der Waals surface area contributed by atoms with Crippen LogP contribution in [0.25, 0.3) is 17.1 Å². The number of thioether (sulfide) groups is 1. The molecule has 28 heavy (non-hydrogen) atoms. The van der Waals surface area contributed by atoms with Crippen LogP contribution in [0.5, 0.6) is 0 Å². The van der Waals surface area contributed by atoms with E-state index < -0.39 is 0 Å². The summed E-state index contributed by atoms with van der Waals surface area (Å²) in [5.74, 6) is 1.05. The largest absolute Gasteiger partial charge is 0.338 e. The number of para-hydroxylation sites is 1. The van der Waals surface area contributed by atoms with Crippen molar-refractivity contribution in [1.29, 1.82) is 0 Å². The van der Waals surface area contributed by atoms with E-state index in [0.29, 0.717) is 29.8 Å². The molecule has 0 aliphatic rings. The van der Waals surface area contributed by atoms with Crippen molar-refractivity contribution in [2.45, 2.75) is 19.0 Å². The van der Waals surface area contributed by atoms with Crippen LogP contribution in [0.2, 0.25) is 0 Å². The predicted octanol–water partition coefficient (Wildman–Crippen LogP) is 3.85. The molecule has 7 heteroatoms. The SMILES string of the molecule is C=C(C)CN(CC)C(=O)CSc1nnc(-c2cccnc2)n1-c1ccccc1. The number of aromatic nitrogens is 4. The van der Waals surface area contributed by atoms with Gasteiger partial charge in [-0.05, 0) is 38.1 Å². The van der Waals surface area contributed by atoms with E-state index in [1.54, 1.807) is 17.3 Å². The minimum Gasteiger partial charge on any atom is -0.338 e. The topological polar surface area (TPSA) is 63.9 Å². The smallest absolute Gasteiger partial charge is 0.233 e. The molecule has 0 saturated heterocycles. The van der Waals surface area contributed by atoms with Crippen LogP contribution in [0.3, 0.4) is 0 Å². The zero-order chi connectivity index (χ0) is 19.9. The molecule has 0 bridgehead atoms. The van der Waals surface area contributed by atoms with Gasteiger partial charge < -0.3 is 4.90 Å². The molecule has 0 fully saturated rings. The first kappa shape index (κ1) is 19.8. The second-order valence-electron chi connectivity index (χ2n) is 6.37. The molecule has 1 amide bonds. The number of benzene rings is 1. The number of rotatable bonds is 8. The summed E-state index contributed by atoms with van der Waals surface area (Å²) in [5.41, 5.74) is 2.77. The molecule has 2 heterocycles. The number of carbonyl (C=O) groups is 1. The van der Waals surface area contributed by atoms with E-state index in [0.717, 1.165) is 16.8 Å². The summed E-state index contributed by atoms with van der Waals surface area (Å²) in [6.45, 7) is 9.02. The molecule has 144 valence electrons. The quantitative estimate of drug-likeness (QED) is 0.430.